The lowest BCUT2D eigenvalue weighted by molar-refractivity contribution is -0.0442. The Labute approximate surface area is 107 Å². The molecule has 3 rings (SSSR count). The summed E-state index contributed by atoms with van der Waals surface area (Å²) in [5, 5.41) is 7.10. The number of morpholine rings is 1. The SMILES string of the molecule is Cc1nc([C@H]2CN([C@@H]3C=CCCC3)CCO2)n[nH]1. The van der Waals surface area contributed by atoms with E-state index in [0.29, 0.717) is 6.04 Å². The van der Waals surface area contributed by atoms with Crippen LogP contribution >= 0.6 is 0 Å². The molecule has 0 amide bonds. The third-order valence-corrected chi connectivity index (χ3v) is 3.70. The fourth-order valence-corrected chi connectivity index (χ4v) is 2.73. The number of hydrogen-bond acceptors (Lipinski definition) is 4. The third kappa shape index (κ3) is 2.47. The zero-order chi connectivity index (χ0) is 12.4. The van der Waals surface area contributed by atoms with Crippen LogP contribution in [0.5, 0.6) is 0 Å². The molecule has 0 unspecified atom stereocenters. The molecule has 1 fully saturated rings. The van der Waals surface area contributed by atoms with Gasteiger partial charge in [-0.3, -0.25) is 10.00 Å². The fraction of sp³-hybridized carbons (Fsp3) is 0.692. The molecule has 98 valence electrons. The maximum absolute atomic E-state index is 5.79. The van der Waals surface area contributed by atoms with Crippen molar-refractivity contribution in [2.75, 3.05) is 19.7 Å². The van der Waals surface area contributed by atoms with Gasteiger partial charge in [-0.1, -0.05) is 12.2 Å². The molecule has 1 aliphatic heterocycles. The van der Waals surface area contributed by atoms with Gasteiger partial charge in [0.2, 0.25) is 0 Å². The molecule has 2 atom stereocenters. The molecule has 18 heavy (non-hydrogen) atoms. The van der Waals surface area contributed by atoms with Crippen LogP contribution in [0.1, 0.15) is 37.0 Å². The van der Waals surface area contributed by atoms with E-state index in [1.54, 1.807) is 0 Å². The molecule has 0 radical (unpaired) electrons. The lowest BCUT2D eigenvalue weighted by atomic mass is 10.0. The lowest BCUT2D eigenvalue weighted by Gasteiger charge is -2.37. The standard InChI is InChI=1S/C13H20N4O/c1-10-14-13(16-15-10)12-9-17(7-8-18-12)11-5-3-2-4-6-11/h3,5,11-12H,2,4,6-9H2,1H3,(H,14,15,16)/t11-,12-/m1/s1. The van der Waals surface area contributed by atoms with Gasteiger partial charge in [-0.2, -0.15) is 5.10 Å². The Morgan fingerprint density at radius 2 is 2.44 bits per heavy atom. The van der Waals surface area contributed by atoms with Gasteiger partial charge < -0.3 is 4.74 Å². The van der Waals surface area contributed by atoms with Gasteiger partial charge in [-0.25, -0.2) is 4.98 Å². The molecule has 2 aliphatic rings. The zero-order valence-corrected chi connectivity index (χ0v) is 10.8. The topological polar surface area (TPSA) is 54.0 Å². The summed E-state index contributed by atoms with van der Waals surface area (Å²) in [6.07, 6.45) is 8.44. The zero-order valence-electron chi connectivity index (χ0n) is 10.8. The fourth-order valence-electron chi connectivity index (χ4n) is 2.73. The third-order valence-electron chi connectivity index (χ3n) is 3.70. The second-order valence-electron chi connectivity index (χ2n) is 5.06. The van der Waals surface area contributed by atoms with Crippen molar-refractivity contribution >= 4 is 0 Å². The van der Waals surface area contributed by atoms with Crippen molar-refractivity contribution in [3.8, 4) is 0 Å². The van der Waals surface area contributed by atoms with Gasteiger partial charge >= 0.3 is 0 Å². The van der Waals surface area contributed by atoms with Crippen LogP contribution in [0.3, 0.4) is 0 Å². The van der Waals surface area contributed by atoms with Crippen LogP contribution in [-0.4, -0.2) is 45.8 Å². The van der Waals surface area contributed by atoms with Crippen molar-refractivity contribution in [3.05, 3.63) is 23.8 Å². The van der Waals surface area contributed by atoms with Gasteiger partial charge in [-0.15, -0.1) is 0 Å². The molecule has 0 spiro atoms. The Morgan fingerprint density at radius 1 is 1.50 bits per heavy atom. The minimum absolute atomic E-state index is 0.0130. The van der Waals surface area contributed by atoms with Gasteiger partial charge in [-0.05, 0) is 26.2 Å². The van der Waals surface area contributed by atoms with E-state index in [2.05, 4.69) is 32.2 Å². The molecule has 1 aromatic heterocycles. The van der Waals surface area contributed by atoms with Crippen molar-refractivity contribution in [1.82, 2.24) is 20.1 Å². The summed E-state index contributed by atoms with van der Waals surface area (Å²) in [6, 6.07) is 0.574. The highest BCUT2D eigenvalue weighted by Gasteiger charge is 2.28. The highest BCUT2D eigenvalue weighted by atomic mass is 16.5. The molecule has 1 aromatic rings. The maximum atomic E-state index is 5.79. The summed E-state index contributed by atoms with van der Waals surface area (Å²) in [7, 11) is 0. The first-order valence-corrected chi connectivity index (χ1v) is 6.74. The molecule has 2 heterocycles. The Bertz CT molecular complexity index is 428. The van der Waals surface area contributed by atoms with E-state index in [9.17, 15) is 0 Å². The van der Waals surface area contributed by atoms with Gasteiger partial charge in [0.15, 0.2) is 5.82 Å². The van der Waals surface area contributed by atoms with Crippen LogP contribution < -0.4 is 0 Å². The predicted molar refractivity (Wildman–Crippen MR) is 68.2 cm³/mol. The average Bonchev–Trinajstić information content (AvgIpc) is 2.87. The Balaban J connectivity index is 1.68. The minimum Gasteiger partial charge on any atom is -0.367 e. The van der Waals surface area contributed by atoms with Gasteiger partial charge in [0, 0.05) is 19.1 Å². The van der Waals surface area contributed by atoms with Gasteiger partial charge in [0.1, 0.15) is 11.9 Å². The van der Waals surface area contributed by atoms with Crippen molar-refractivity contribution < 1.29 is 4.74 Å². The minimum atomic E-state index is 0.0130. The molecule has 0 bridgehead atoms. The van der Waals surface area contributed by atoms with Gasteiger partial charge in [0.25, 0.3) is 0 Å². The number of nitrogens with one attached hydrogen (secondary N) is 1. The molecule has 5 heteroatoms. The number of ether oxygens (including phenoxy) is 1. The van der Waals surface area contributed by atoms with Crippen LogP contribution in [0.4, 0.5) is 0 Å². The van der Waals surface area contributed by atoms with E-state index >= 15 is 0 Å². The van der Waals surface area contributed by atoms with Crippen LogP contribution in [0.2, 0.25) is 0 Å². The summed E-state index contributed by atoms with van der Waals surface area (Å²) >= 11 is 0. The van der Waals surface area contributed by atoms with E-state index in [0.717, 1.165) is 31.3 Å². The highest BCUT2D eigenvalue weighted by molar-refractivity contribution is 5.02. The largest absolute Gasteiger partial charge is 0.367 e. The van der Waals surface area contributed by atoms with E-state index in [4.69, 9.17) is 4.74 Å². The van der Waals surface area contributed by atoms with Crippen LogP contribution in [0.15, 0.2) is 12.2 Å². The number of allylic oxidation sites excluding steroid dienone is 1. The van der Waals surface area contributed by atoms with Crippen LogP contribution in [0, 0.1) is 6.92 Å². The molecule has 0 saturated carbocycles. The number of aromatic nitrogens is 3. The van der Waals surface area contributed by atoms with Gasteiger partial charge in [0.05, 0.1) is 6.61 Å². The molecule has 1 aliphatic carbocycles. The number of hydrogen-bond donors (Lipinski definition) is 1. The number of aromatic amines is 1. The number of rotatable bonds is 2. The van der Waals surface area contributed by atoms with Crippen LogP contribution in [-0.2, 0) is 4.74 Å². The van der Waals surface area contributed by atoms with Crippen molar-refractivity contribution in [3.63, 3.8) is 0 Å². The molecule has 1 N–H and O–H groups in total. The Morgan fingerprint density at radius 3 is 3.17 bits per heavy atom. The number of nitrogens with zero attached hydrogens (tertiary/aromatic N) is 3. The Kier molecular flexibility index (Phi) is 3.43. The maximum Gasteiger partial charge on any atom is 0.180 e. The quantitative estimate of drug-likeness (QED) is 0.808. The predicted octanol–water partition coefficient (Wildman–Crippen LogP) is 1.60. The molecule has 5 nitrogen and oxygen atoms in total. The molecular weight excluding hydrogens is 228 g/mol. The summed E-state index contributed by atoms with van der Waals surface area (Å²) < 4.78 is 5.79. The summed E-state index contributed by atoms with van der Waals surface area (Å²) in [5.41, 5.74) is 0. The molecule has 1 saturated heterocycles. The monoisotopic (exact) mass is 248 g/mol. The smallest absolute Gasteiger partial charge is 0.180 e. The second-order valence-corrected chi connectivity index (χ2v) is 5.06. The van der Waals surface area contributed by atoms with E-state index in [-0.39, 0.29) is 6.10 Å². The number of aryl methyl sites for hydroxylation is 1. The second kappa shape index (κ2) is 5.20. The van der Waals surface area contributed by atoms with Crippen molar-refractivity contribution in [2.24, 2.45) is 0 Å². The van der Waals surface area contributed by atoms with E-state index in [1.165, 1.54) is 19.3 Å². The van der Waals surface area contributed by atoms with Crippen molar-refractivity contribution in [1.29, 1.82) is 0 Å². The average molecular weight is 248 g/mol. The Hall–Kier alpha value is -1.20. The van der Waals surface area contributed by atoms with E-state index in [1.807, 2.05) is 6.92 Å². The lowest BCUT2D eigenvalue weighted by Crippen LogP contribution is -2.44. The highest BCUT2D eigenvalue weighted by Crippen LogP contribution is 2.24. The first kappa shape index (κ1) is 11.9. The number of H-pyrrole nitrogens is 1. The molecular formula is C13H20N4O. The van der Waals surface area contributed by atoms with Crippen molar-refractivity contribution in [2.45, 2.75) is 38.3 Å². The summed E-state index contributed by atoms with van der Waals surface area (Å²) in [4.78, 5) is 6.87. The molecule has 0 aromatic carbocycles. The van der Waals surface area contributed by atoms with Crippen LogP contribution in [0.25, 0.3) is 0 Å². The summed E-state index contributed by atoms with van der Waals surface area (Å²) in [6.45, 7) is 4.59. The first-order chi connectivity index (χ1) is 8.83. The normalized spacial score (nSPS) is 29.6. The van der Waals surface area contributed by atoms with E-state index < -0.39 is 0 Å². The summed E-state index contributed by atoms with van der Waals surface area (Å²) in [5.74, 6) is 1.64. The first-order valence-electron chi connectivity index (χ1n) is 6.74.